The van der Waals surface area contributed by atoms with Gasteiger partial charge in [0.25, 0.3) is 5.22 Å². The number of ether oxygens (including phenoxy) is 1. The minimum atomic E-state index is -0.0942. The molecule has 1 amide bonds. The molecule has 1 N–H and O–H groups in total. The van der Waals surface area contributed by atoms with Gasteiger partial charge in [0.1, 0.15) is 11.3 Å². The van der Waals surface area contributed by atoms with Crippen molar-refractivity contribution in [2.75, 3.05) is 5.75 Å². The number of carbonyl (C=O) groups excluding carboxylic acids is 1. The van der Waals surface area contributed by atoms with Gasteiger partial charge in [-0.3, -0.25) is 4.79 Å². The molecule has 4 rings (SSSR count). The van der Waals surface area contributed by atoms with Gasteiger partial charge in [-0.15, -0.1) is 0 Å². The van der Waals surface area contributed by atoms with Crippen molar-refractivity contribution in [1.82, 2.24) is 15.3 Å². The molecule has 0 aliphatic carbocycles. The highest BCUT2D eigenvalue weighted by Gasteiger charge is 2.09. The minimum Gasteiger partial charge on any atom is -0.439 e. The molecule has 28 heavy (non-hydrogen) atoms. The van der Waals surface area contributed by atoms with Crippen molar-refractivity contribution in [3.05, 3.63) is 78.5 Å². The lowest BCUT2D eigenvalue weighted by Gasteiger charge is -2.08. The van der Waals surface area contributed by atoms with Crippen molar-refractivity contribution in [3.8, 4) is 11.6 Å². The molecule has 0 saturated carbocycles. The number of hydrogen-bond acceptors (Lipinski definition) is 6. The normalized spacial score (nSPS) is 10.7. The van der Waals surface area contributed by atoms with E-state index in [9.17, 15) is 4.79 Å². The van der Waals surface area contributed by atoms with Gasteiger partial charge in [-0.05, 0) is 35.9 Å². The molecule has 2 aromatic heterocycles. The fourth-order valence-corrected chi connectivity index (χ4v) is 3.21. The maximum Gasteiger partial charge on any atom is 0.257 e. The number of rotatable bonds is 7. The van der Waals surface area contributed by atoms with Gasteiger partial charge in [0.15, 0.2) is 5.58 Å². The number of pyridine rings is 1. The third kappa shape index (κ3) is 4.69. The van der Waals surface area contributed by atoms with Crippen LogP contribution in [0.2, 0.25) is 0 Å². The van der Waals surface area contributed by atoms with Crippen molar-refractivity contribution >= 4 is 28.8 Å². The number of fused-ring (bicyclic) bond motifs is 1. The Hall–Kier alpha value is -3.32. The standard InChI is InChI=1S/C21H17N3O3S/c25-19(14-28-21-24-17-8-1-2-9-18(17)27-21)23-13-15-6-5-7-16(12-15)26-20-10-3-4-11-22-20/h1-12H,13-14H2,(H,23,25). The highest BCUT2D eigenvalue weighted by Crippen LogP contribution is 2.23. The molecule has 0 fully saturated rings. The first-order valence-electron chi connectivity index (χ1n) is 8.69. The lowest BCUT2D eigenvalue weighted by molar-refractivity contribution is -0.118. The van der Waals surface area contributed by atoms with E-state index in [4.69, 9.17) is 9.15 Å². The Morgan fingerprint density at radius 2 is 1.96 bits per heavy atom. The van der Waals surface area contributed by atoms with Crippen LogP contribution in [0.5, 0.6) is 11.6 Å². The third-order valence-electron chi connectivity index (χ3n) is 3.85. The average Bonchev–Trinajstić information content (AvgIpc) is 3.15. The quantitative estimate of drug-likeness (QED) is 0.470. The van der Waals surface area contributed by atoms with Crippen molar-refractivity contribution in [1.29, 1.82) is 0 Å². The van der Waals surface area contributed by atoms with Crippen LogP contribution in [0.1, 0.15) is 5.56 Å². The summed E-state index contributed by atoms with van der Waals surface area (Å²) < 4.78 is 11.3. The van der Waals surface area contributed by atoms with Gasteiger partial charge < -0.3 is 14.5 Å². The molecule has 6 nitrogen and oxygen atoms in total. The number of oxazole rings is 1. The van der Waals surface area contributed by atoms with E-state index in [1.807, 2.05) is 60.7 Å². The topological polar surface area (TPSA) is 77.2 Å². The molecule has 4 aromatic rings. The van der Waals surface area contributed by atoms with E-state index in [1.165, 1.54) is 11.8 Å². The smallest absolute Gasteiger partial charge is 0.257 e. The first kappa shape index (κ1) is 18.1. The molecule has 2 heterocycles. The molecule has 7 heteroatoms. The van der Waals surface area contributed by atoms with Crippen molar-refractivity contribution in [2.45, 2.75) is 11.8 Å². The second-order valence-corrected chi connectivity index (χ2v) is 6.86. The van der Waals surface area contributed by atoms with Gasteiger partial charge in [-0.1, -0.05) is 42.1 Å². The van der Waals surface area contributed by atoms with E-state index in [1.54, 1.807) is 12.3 Å². The number of para-hydroxylation sites is 2. The summed E-state index contributed by atoms with van der Waals surface area (Å²) in [5, 5.41) is 3.38. The lowest BCUT2D eigenvalue weighted by Crippen LogP contribution is -2.24. The summed E-state index contributed by atoms with van der Waals surface area (Å²) in [6.07, 6.45) is 1.67. The summed E-state index contributed by atoms with van der Waals surface area (Å²) in [6.45, 7) is 0.409. The third-order valence-corrected chi connectivity index (χ3v) is 4.68. The van der Waals surface area contributed by atoms with E-state index in [2.05, 4.69) is 15.3 Å². The molecule has 2 aromatic carbocycles. The maximum atomic E-state index is 12.1. The summed E-state index contributed by atoms with van der Waals surface area (Å²) in [5.41, 5.74) is 2.44. The highest BCUT2D eigenvalue weighted by molar-refractivity contribution is 7.99. The molecular formula is C21H17N3O3S. The summed E-state index contributed by atoms with van der Waals surface area (Å²) >= 11 is 1.27. The molecule has 0 saturated heterocycles. The number of thioether (sulfide) groups is 1. The van der Waals surface area contributed by atoms with Gasteiger partial charge in [0, 0.05) is 18.8 Å². The average molecular weight is 391 g/mol. The van der Waals surface area contributed by atoms with Crippen LogP contribution in [-0.2, 0) is 11.3 Å². The van der Waals surface area contributed by atoms with Gasteiger partial charge in [0.05, 0.1) is 5.75 Å². The Labute approximate surface area is 166 Å². The monoisotopic (exact) mass is 391 g/mol. The number of carbonyl (C=O) groups is 1. The number of hydrogen-bond donors (Lipinski definition) is 1. The molecule has 0 spiro atoms. The van der Waals surface area contributed by atoms with E-state index < -0.39 is 0 Å². The Bertz CT molecular complexity index is 1050. The zero-order chi connectivity index (χ0) is 19.2. The molecule has 0 atom stereocenters. The van der Waals surface area contributed by atoms with Crippen LogP contribution < -0.4 is 10.1 Å². The van der Waals surface area contributed by atoms with E-state index in [0.717, 1.165) is 16.7 Å². The van der Waals surface area contributed by atoms with Crippen LogP contribution in [0, 0.1) is 0 Å². The molecule has 0 bridgehead atoms. The van der Waals surface area contributed by atoms with Gasteiger partial charge in [-0.25, -0.2) is 9.97 Å². The first-order valence-corrected chi connectivity index (χ1v) is 9.68. The van der Waals surface area contributed by atoms with E-state index in [0.29, 0.717) is 23.4 Å². The van der Waals surface area contributed by atoms with E-state index in [-0.39, 0.29) is 11.7 Å². The summed E-state index contributed by atoms with van der Waals surface area (Å²) in [7, 11) is 0. The van der Waals surface area contributed by atoms with Crippen LogP contribution in [0.4, 0.5) is 0 Å². The number of benzene rings is 2. The first-order chi connectivity index (χ1) is 13.8. The Balaban J connectivity index is 1.29. The van der Waals surface area contributed by atoms with Crippen LogP contribution in [0.3, 0.4) is 0 Å². The molecule has 0 aliphatic heterocycles. The molecule has 0 radical (unpaired) electrons. The number of nitrogens with zero attached hydrogens (tertiary/aromatic N) is 2. The second-order valence-electron chi connectivity index (χ2n) is 5.93. The Morgan fingerprint density at radius 3 is 2.82 bits per heavy atom. The van der Waals surface area contributed by atoms with E-state index >= 15 is 0 Å². The van der Waals surface area contributed by atoms with Gasteiger partial charge >= 0.3 is 0 Å². The summed E-state index contributed by atoms with van der Waals surface area (Å²) in [4.78, 5) is 20.6. The zero-order valence-electron chi connectivity index (χ0n) is 14.9. The maximum absolute atomic E-state index is 12.1. The Morgan fingerprint density at radius 1 is 1.07 bits per heavy atom. The summed E-state index contributed by atoms with van der Waals surface area (Å²) in [5.74, 6) is 1.34. The lowest BCUT2D eigenvalue weighted by atomic mass is 10.2. The predicted octanol–water partition coefficient (Wildman–Crippen LogP) is 4.42. The van der Waals surface area contributed by atoms with Crippen LogP contribution in [0.15, 0.2) is 82.6 Å². The zero-order valence-corrected chi connectivity index (χ0v) is 15.7. The largest absolute Gasteiger partial charge is 0.439 e. The number of amides is 1. The van der Waals surface area contributed by atoms with Crippen molar-refractivity contribution < 1.29 is 13.9 Å². The SMILES string of the molecule is O=C(CSc1nc2ccccc2o1)NCc1cccc(Oc2ccccn2)c1. The number of nitrogens with one attached hydrogen (secondary N) is 1. The van der Waals surface area contributed by atoms with Crippen molar-refractivity contribution in [2.24, 2.45) is 0 Å². The highest BCUT2D eigenvalue weighted by atomic mass is 32.2. The molecule has 0 unspecified atom stereocenters. The predicted molar refractivity (Wildman–Crippen MR) is 107 cm³/mol. The fraction of sp³-hybridized carbons (Fsp3) is 0.0952. The molecule has 0 aliphatic rings. The molecular weight excluding hydrogens is 374 g/mol. The number of aromatic nitrogens is 2. The van der Waals surface area contributed by atoms with Gasteiger partial charge in [0.2, 0.25) is 11.8 Å². The summed E-state index contributed by atoms with van der Waals surface area (Å²) in [6, 6.07) is 20.5. The minimum absolute atomic E-state index is 0.0942. The van der Waals surface area contributed by atoms with Crippen LogP contribution >= 0.6 is 11.8 Å². The molecule has 140 valence electrons. The van der Waals surface area contributed by atoms with Crippen LogP contribution in [0.25, 0.3) is 11.1 Å². The van der Waals surface area contributed by atoms with Crippen LogP contribution in [-0.4, -0.2) is 21.6 Å². The fourth-order valence-electron chi connectivity index (χ4n) is 2.54. The Kier molecular flexibility index (Phi) is 5.53. The second kappa shape index (κ2) is 8.58. The van der Waals surface area contributed by atoms with Gasteiger partial charge in [-0.2, -0.15) is 0 Å². The van der Waals surface area contributed by atoms with Crippen molar-refractivity contribution in [3.63, 3.8) is 0 Å².